The Kier molecular flexibility index (Phi) is 8.80. The number of fused-ring (bicyclic) bond motifs is 4. The van der Waals surface area contributed by atoms with Gasteiger partial charge < -0.3 is 14.0 Å². The van der Waals surface area contributed by atoms with E-state index in [1.807, 2.05) is 113 Å². The third-order valence-electron chi connectivity index (χ3n) is 8.35. The standard InChI is InChI=1S/C30H26N3O.C11H8N.Ir/c1-17(2)21-14-15-23-24-12-9-13-25(29(24)34-26(23)16-21)30-32-27-20(5)31-19(4)18(3)28(27)33(30)22-10-7-6-8-11-22;1-2-6-10(7-3-1)11-8-4-5-9-12-11;/h6-12,14-17H,1-5H3;1-6,8-9H;/q2*-1;/i17D;;. The molecule has 8 aromatic rings. The summed E-state index contributed by atoms with van der Waals surface area (Å²) in [6.45, 7) is 9.93. The Morgan fingerprint density at radius 1 is 0.787 bits per heavy atom. The van der Waals surface area contributed by atoms with E-state index in [0.717, 1.165) is 83.8 Å². The average molecular weight is 792 g/mol. The summed E-state index contributed by atoms with van der Waals surface area (Å²) in [7, 11) is 0. The summed E-state index contributed by atoms with van der Waals surface area (Å²) in [4.78, 5) is 14.1. The van der Waals surface area contributed by atoms with Gasteiger partial charge in [0.15, 0.2) is 0 Å². The molecule has 0 atom stereocenters. The average Bonchev–Trinajstić information content (AvgIpc) is 3.68. The van der Waals surface area contributed by atoms with Crippen LogP contribution < -0.4 is 0 Å². The Labute approximate surface area is 290 Å². The van der Waals surface area contributed by atoms with E-state index in [9.17, 15) is 0 Å². The minimum absolute atomic E-state index is 0. The molecule has 4 heterocycles. The molecule has 0 aliphatic heterocycles. The molecule has 0 bridgehead atoms. The number of rotatable bonds is 4. The predicted octanol–water partition coefficient (Wildman–Crippen LogP) is 10.4. The Balaban J connectivity index is 0.000000260. The van der Waals surface area contributed by atoms with E-state index in [-0.39, 0.29) is 20.1 Å². The van der Waals surface area contributed by atoms with Crippen molar-refractivity contribution in [3.05, 3.63) is 144 Å². The first-order valence-electron chi connectivity index (χ1n) is 15.9. The van der Waals surface area contributed by atoms with Crippen LogP contribution in [-0.4, -0.2) is 19.5 Å². The van der Waals surface area contributed by atoms with E-state index in [0.29, 0.717) is 0 Å². The smallest absolute Gasteiger partial charge is 0.121 e. The van der Waals surface area contributed by atoms with Crippen molar-refractivity contribution in [1.29, 1.82) is 0 Å². The van der Waals surface area contributed by atoms with Crippen molar-refractivity contribution in [3.63, 3.8) is 0 Å². The number of furan rings is 1. The van der Waals surface area contributed by atoms with E-state index in [2.05, 4.69) is 46.8 Å². The summed E-state index contributed by atoms with van der Waals surface area (Å²) in [6, 6.07) is 40.5. The number of hydrogen-bond acceptors (Lipinski definition) is 4. The summed E-state index contributed by atoms with van der Waals surface area (Å²) in [5.41, 5.74) is 11.2. The van der Waals surface area contributed by atoms with Crippen LogP contribution in [-0.2, 0) is 20.1 Å². The molecular weight excluding hydrogens is 757 g/mol. The first kappa shape index (κ1) is 30.7. The minimum atomic E-state index is -0.705. The molecule has 0 saturated heterocycles. The molecule has 0 unspecified atom stereocenters. The maximum atomic E-state index is 8.43. The van der Waals surface area contributed by atoms with Crippen molar-refractivity contribution >= 4 is 33.0 Å². The van der Waals surface area contributed by atoms with Crippen LogP contribution in [0.1, 0.15) is 43.6 Å². The van der Waals surface area contributed by atoms with Crippen molar-refractivity contribution in [1.82, 2.24) is 19.5 Å². The van der Waals surface area contributed by atoms with Gasteiger partial charge in [-0.05, 0) is 67.8 Å². The number of aryl methyl sites for hydroxylation is 3. The van der Waals surface area contributed by atoms with Gasteiger partial charge in [-0.25, -0.2) is 0 Å². The third-order valence-corrected chi connectivity index (χ3v) is 8.35. The van der Waals surface area contributed by atoms with Crippen molar-refractivity contribution in [2.24, 2.45) is 0 Å². The van der Waals surface area contributed by atoms with Gasteiger partial charge in [0.05, 0.1) is 28.1 Å². The van der Waals surface area contributed by atoms with Crippen LogP contribution in [0.4, 0.5) is 0 Å². The Morgan fingerprint density at radius 3 is 2.30 bits per heavy atom. The van der Waals surface area contributed by atoms with Crippen LogP contribution in [0.15, 0.2) is 114 Å². The van der Waals surface area contributed by atoms with E-state index in [1.165, 1.54) is 0 Å². The van der Waals surface area contributed by atoms with Gasteiger partial charge in [-0.15, -0.1) is 54.1 Å². The van der Waals surface area contributed by atoms with Gasteiger partial charge in [-0.1, -0.05) is 67.3 Å². The van der Waals surface area contributed by atoms with Gasteiger partial charge in [-0.3, -0.25) is 9.97 Å². The zero-order valence-corrected chi connectivity index (χ0v) is 29.3. The van der Waals surface area contributed by atoms with Crippen LogP contribution in [0.5, 0.6) is 0 Å². The molecule has 47 heavy (non-hydrogen) atoms. The molecule has 4 aromatic carbocycles. The number of aromatic nitrogens is 4. The molecule has 0 fully saturated rings. The largest absolute Gasteiger partial charge is 0.501 e. The number of hydrogen-bond donors (Lipinski definition) is 0. The molecular formula is C41H34IrN4O-2. The fraction of sp³-hybridized carbons (Fsp3) is 0.146. The summed E-state index contributed by atoms with van der Waals surface area (Å²) in [6.07, 6.45) is 1.79. The third kappa shape index (κ3) is 6.03. The number of para-hydroxylation sites is 1. The summed E-state index contributed by atoms with van der Waals surface area (Å²) in [5, 5.41) is 2.04. The number of imidazole rings is 1. The summed E-state index contributed by atoms with van der Waals surface area (Å²) >= 11 is 0. The molecule has 0 aliphatic rings. The van der Waals surface area contributed by atoms with Crippen LogP contribution in [0.2, 0.25) is 0 Å². The predicted molar refractivity (Wildman–Crippen MR) is 187 cm³/mol. The van der Waals surface area contributed by atoms with E-state index >= 15 is 0 Å². The van der Waals surface area contributed by atoms with Crippen molar-refractivity contribution in [2.45, 2.75) is 40.5 Å². The van der Waals surface area contributed by atoms with Crippen LogP contribution in [0.3, 0.4) is 0 Å². The molecule has 0 spiro atoms. The zero-order chi connectivity index (χ0) is 32.7. The fourth-order valence-electron chi connectivity index (χ4n) is 5.87. The maximum Gasteiger partial charge on any atom is 0.121 e. The van der Waals surface area contributed by atoms with E-state index < -0.39 is 5.89 Å². The van der Waals surface area contributed by atoms with Crippen molar-refractivity contribution in [3.8, 4) is 28.3 Å². The molecule has 0 saturated carbocycles. The molecule has 5 nitrogen and oxygen atoms in total. The minimum Gasteiger partial charge on any atom is -0.501 e. The zero-order valence-electron chi connectivity index (χ0n) is 27.9. The van der Waals surface area contributed by atoms with Gasteiger partial charge in [0.2, 0.25) is 0 Å². The second kappa shape index (κ2) is 13.4. The molecule has 8 rings (SSSR count). The monoisotopic (exact) mass is 792 g/mol. The first-order valence-corrected chi connectivity index (χ1v) is 15.4. The second-order valence-corrected chi connectivity index (χ2v) is 11.6. The number of benzene rings is 4. The summed E-state index contributed by atoms with van der Waals surface area (Å²) < 4.78 is 17.1. The molecule has 6 heteroatoms. The molecule has 1 radical (unpaired) electrons. The Morgan fingerprint density at radius 2 is 1.57 bits per heavy atom. The van der Waals surface area contributed by atoms with E-state index in [4.69, 9.17) is 15.8 Å². The van der Waals surface area contributed by atoms with Gasteiger partial charge in [0.25, 0.3) is 0 Å². The van der Waals surface area contributed by atoms with Crippen LogP contribution in [0, 0.1) is 32.9 Å². The normalized spacial score (nSPS) is 11.6. The molecule has 4 aromatic heterocycles. The SMILES string of the molecule is [2H]C(C)(C)c1ccc2c(c1)oc1c(-c3nc4c(C)nc(C)c(C)c4n3-c3ccccc3)[c-]ccc12.[Ir].[c-]1ccccc1-c1ccccn1. The Hall–Kier alpha value is -4.90. The number of nitrogens with zero attached hydrogens (tertiary/aromatic N) is 4. The van der Waals surface area contributed by atoms with Crippen molar-refractivity contribution in [2.75, 3.05) is 0 Å². The van der Waals surface area contributed by atoms with Crippen LogP contribution in [0.25, 0.3) is 61.3 Å². The molecule has 0 N–H and O–H groups in total. The van der Waals surface area contributed by atoms with Gasteiger partial charge >= 0.3 is 0 Å². The first-order chi connectivity index (χ1) is 22.7. The molecule has 235 valence electrons. The van der Waals surface area contributed by atoms with Crippen LogP contribution >= 0.6 is 0 Å². The van der Waals surface area contributed by atoms with Gasteiger partial charge in [-0.2, -0.15) is 0 Å². The number of pyridine rings is 2. The summed E-state index contributed by atoms with van der Waals surface area (Å²) in [5.74, 6) is 0.0686. The van der Waals surface area contributed by atoms with E-state index in [1.54, 1.807) is 6.20 Å². The molecule has 0 amide bonds. The maximum absolute atomic E-state index is 8.43. The topological polar surface area (TPSA) is 56.7 Å². The quantitative estimate of drug-likeness (QED) is 0.167. The Bertz CT molecular complexity index is 2320. The second-order valence-electron chi connectivity index (χ2n) is 11.6. The van der Waals surface area contributed by atoms with Crippen molar-refractivity contribution < 1.29 is 25.9 Å². The fourth-order valence-corrected chi connectivity index (χ4v) is 5.87. The van der Waals surface area contributed by atoms with Gasteiger partial charge in [0, 0.05) is 44.4 Å². The van der Waals surface area contributed by atoms with Gasteiger partial charge in [0.1, 0.15) is 5.58 Å². The molecule has 0 aliphatic carbocycles.